The number of oxazole rings is 1. The molecule has 3 aromatic rings. The summed E-state index contributed by atoms with van der Waals surface area (Å²) in [7, 11) is 0. The number of halogens is 4. The first kappa shape index (κ1) is 24.5. The zero-order valence-electron chi connectivity index (χ0n) is 19.6. The van der Waals surface area contributed by atoms with Gasteiger partial charge < -0.3 is 20.0 Å². The van der Waals surface area contributed by atoms with E-state index in [1.54, 1.807) is 18.2 Å². The lowest BCUT2D eigenvalue weighted by Gasteiger charge is -2.40. The van der Waals surface area contributed by atoms with Crippen LogP contribution in [0.15, 0.2) is 47.3 Å². The Morgan fingerprint density at radius 3 is 2.42 bits per heavy atom. The summed E-state index contributed by atoms with van der Waals surface area (Å²) in [5, 5.41) is 7.15. The Labute approximate surface area is 206 Å². The van der Waals surface area contributed by atoms with Gasteiger partial charge in [-0.05, 0) is 37.8 Å². The molecule has 0 bridgehead atoms. The number of nitrogens with one attached hydrogen (secondary N) is 2. The summed E-state index contributed by atoms with van der Waals surface area (Å²) >= 11 is 0. The highest BCUT2D eigenvalue weighted by atomic mass is 19.4. The first-order valence-corrected chi connectivity index (χ1v) is 12.2. The van der Waals surface area contributed by atoms with Crippen LogP contribution >= 0.6 is 0 Å². The van der Waals surface area contributed by atoms with Crippen molar-refractivity contribution in [3.05, 3.63) is 54.5 Å². The van der Waals surface area contributed by atoms with Crippen molar-refractivity contribution >= 4 is 11.7 Å². The van der Waals surface area contributed by atoms with Crippen LogP contribution in [0, 0.1) is 5.82 Å². The monoisotopic (exact) mass is 504 g/mol. The number of piperidine rings is 1. The van der Waals surface area contributed by atoms with Gasteiger partial charge in [0.1, 0.15) is 5.82 Å². The standard InChI is InChI=1S/C25H28F4N6O/c26-19-8-2-1-7-18(19)22-14-32-24(36-22)34-21-10-4-3-9-20(21)33-16-6-5-11-35(15-16)17-12-30-23(31-13-17)25(27,28)29/h1-2,7-8,12-14,16,20-21,33H,3-6,9-11,15H2,(H,32,34)/t16-,20+,21+/m0/s1. The topological polar surface area (TPSA) is 79.1 Å². The number of aromatic nitrogens is 3. The maximum Gasteiger partial charge on any atom is 0.451 e. The number of alkyl halides is 3. The molecule has 0 amide bonds. The summed E-state index contributed by atoms with van der Waals surface area (Å²) < 4.78 is 58.3. The molecule has 36 heavy (non-hydrogen) atoms. The van der Waals surface area contributed by atoms with Crippen LogP contribution in [0.5, 0.6) is 0 Å². The normalized spacial score (nSPS) is 23.0. The van der Waals surface area contributed by atoms with Crippen molar-refractivity contribution in [2.24, 2.45) is 0 Å². The van der Waals surface area contributed by atoms with E-state index in [2.05, 4.69) is 25.6 Å². The quantitative estimate of drug-likeness (QED) is 0.443. The highest BCUT2D eigenvalue weighted by Crippen LogP contribution is 2.29. The van der Waals surface area contributed by atoms with Crippen LogP contribution in [0.4, 0.5) is 29.3 Å². The third-order valence-corrected chi connectivity index (χ3v) is 6.85. The second kappa shape index (κ2) is 10.4. The Bertz CT molecular complexity index is 1150. The summed E-state index contributed by atoms with van der Waals surface area (Å²) in [6.07, 6.45) is 5.46. The Morgan fingerprint density at radius 2 is 1.67 bits per heavy atom. The fourth-order valence-corrected chi connectivity index (χ4v) is 5.07. The van der Waals surface area contributed by atoms with E-state index in [1.165, 1.54) is 24.7 Å². The Balaban J connectivity index is 1.22. The fourth-order valence-electron chi connectivity index (χ4n) is 5.07. The molecule has 192 valence electrons. The number of hydrogen-bond donors (Lipinski definition) is 2. The van der Waals surface area contributed by atoms with E-state index in [4.69, 9.17) is 4.42 Å². The lowest BCUT2D eigenvalue weighted by atomic mass is 9.89. The summed E-state index contributed by atoms with van der Waals surface area (Å²) in [6.45, 7) is 1.41. The maximum atomic E-state index is 14.1. The molecular formula is C25H28F4N6O. The molecule has 1 aromatic carbocycles. The number of benzene rings is 1. The number of anilines is 2. The molecule has 11 heteroatoms. The van der Waals surface area contributed by atoms with Gasteiger partial charge in [-0.1, -0.05) is 25.0 Å². The van der Waals surface area contributed by atoms with Crippen LogP contribution in [0.2, 0.25) is 0 Å². The largest absolute Gasteiger partial charge is 0.451 e. The summed E-state index contributed by atoms with van der Waals surface area (Å²) in [5.74, 6) is -1.12. The average molecular weight is 505 g/mol. The fraction of sp³-hybridized carbons (Fsp3) is 0.480. The molecule has 2 N–H and O–H groups in total. The van der Waals surface area contributed by atoms with E-state index >= 15 is 0 Å². The lowest BCUT2D eigenvalue weighted by molar-refractivity contribution is -0.144. The van der Waals surface area contributed by atoms with Crippen LogP contribution in [-0.4, -0.2) is 46.2 Å². The minimum absolute atomic E-state index is 0.0932. The van der Waals surface area contributed by atoms with Crippen molar-refractivity contribution < 1.29 is 22.0 Å². The predicted molar refractivity (Wildman–Crippen MR) is 127 cm³/mol. The van der Waals surface area contributed by atoms with E-state index in [9.17, 15) is 17.6 Å². The first-order chi connectivity index (χ1) is 17.4. The molecule has 1 saturated carbocycles. The van der Waals surface area contributed by atoms with Gasteiger partial charge in [-0.25, -0.2) is 19.3 Å². The highest BCUT2D eigenvalue weighted by Gasteiger charge is 2.35. The molecule has 0 spiro atoms. The zero-order valence-corrected chi connectivity index (χ0v) is 19.6. The summed E-state index contributed by atoms with van der Waals surface area (Å²) in [6, 6.07) is 7.22. The van der Waals surface area contributed by atoms with E-state index in [1.807, 2.05) is 4.90 Å². The van der Waals surface area contributed by atoms with E-state index in [0.29, 0.717) is 29.6 Å². The van der Waals surface area contributed by atoms with Gasteiger partial charge in [0.25, 0.3) is 6.01 Å². The third kappa shape index (κ3) is 5.61. The van der Waals surface area contributed by atoms with Gasteiger partial charge in [0.2, 0.25) is 5.82 Å². The summed E-state index contributed by atoms with van der Waals surface area (Å²) in [5.41, 5.74) is 0.958. The van der Waals surface area contributed by atoms with Gasteiger partial charge >= 0.3 is 6.18 Å². The average Bonchev–Trinajstić information content (AvgIpc) is 3.33. The molecule has 1 aliphatic heterocycles. The maximum absolute atomic E-state index is 14.1. The SMILES string of the molecule is Fc1ccccc1-c1cnc(N[C@@H]2CCCC[C@H]2N[C@H]2CCCN(c3cnc(C(F)(F)F)nc3)C2)o1. The molecule has 0 radical (unpaired) electrons. The second-order valence-electron chi connectivity index (χ2n) is 9.37. The number of nitrogens with zero attached hydrogens (tertiary/aromatic N) is 4. The molecule has 7 nitrogen and oxygen atoms in total. The van der Waals surface area contributed by atoms with Crippen molar-refractivity contribution in [3.8, 4) is 11.3 Å². The minimum atomic E-state index is -4.55. The minimum Gasteiger partial charge on any atom is -0.423 e. The second-order valence-corrected chi connectivity index (χ2v) is 9.37. The Kier molecular flexibility index (Phi) is 7.08. The van der Waals surface area contributed by atoms with Gasteiger partial charge in [-0.15, -0.1) is 0 Å². The van der Waals surface area contributed by atoms with Crippen LogP contribution in [0.1, 0.15) is 44.3 Å². The predicted octanol–water partition coefficient (Wildman–Crippen LogP) is 5.27. The third-order valence-electron chi connectivity index (χ3n) is 6.85. The zero-order chi connectivity index (χ0) is 25.1. The Hall–Kier alpha value is -3.21. The van der Waals surface area contributed by atoms with Crippen molar-refractivity contribution in [2.75, 3.05) is 23.3 Å². The van der Waals surface area contributed by atoms with Crippen LogP contribution < -0.4 is 15.5 Å². The van der Waals surface area contributed by atoms with Crippen LogP contribution in [-0.2, 0) is 6.18 Å². The molecule has 2 aliphatic rings. The smallest absolute Gasteiger partial charge is 0.423 e. The molecule has 5 rings (SSSR count). The molecule has 1 saturated heterocycles. The van der Waals surface area contributed by atoms with Crippen molar-refractivity contribution in [1.29, 1.82) is 0 Å². The molecule has 3 atom stereocenters. The molecule has 1 aliphatic carbocycles. The number of rotatable bonds is 6. The van der Waals surface area contributed by atoms with Crippen molar-refractivity contribution in [2.45, 2.75) is 62.8 Å². The first-order valence-electron chi connectivity index (χ1n) is 12.2. The summed E-state index contributed by atoms with van der Waals surface area (Å²) in [4.78, 5) is 13.3. The van der Waals surface area contributed by atoms with Gasteiger partial charge in [0.15, 0.2) is 5.76 Å². The number of hydrogen-bond acceptors (Lipinski definition) is 7. The van der Waals surface area contributed by atoms with Gasteiger partial charge in [-0.2, -0.15) is 13.2 Å². The van der Waals surface area contributed by atoms with E-state index in [0.717, 1.165) is 45.1 Å². The van der Waals surface area contributed by atoms with Crippen molar-refractivity contribution in [3.63, 3.8) is 0 Å². The van der Waals surface area contributed by atoms with Crippen LogP contribution in [0.3, 0.4) is 0 Å². The highest BCUT2D eigenvalue weighted by molar-refractivity contribution is 5.58. The molecule has 2 aromatic heterocycles. The van der Waals surface area contributed by atoms with E-state index in [-0.39, 0.29) is 23.9 Å². The van der Waals surface area contributed by atoms with Crippen molar-refractivity contribution in [1.82, 2.24) is 20.3 Å². The molecule has 0 unspecified atom stereocenters. The molecule has 2 fully saturated rings. The molecular weight excluding hydrogens is 476 g/mol. The van der Waals surface area contributed by atoms with Gasteiger partial charge in [-0.3, -0.25) is 0 Å². The van der Waals surface area contributed by atoms with E-state index < -0.39 is 12.0 Å². The van der Waals surface area contributed by atoms with Gasteiger partial charge in [0, 0.05) is 31.2 Å². The molecule has 3 heterocycles. The van der Waals surface area contributed by atoms with Crippen LogP contribution in [0.25, 0.3) is 11.3 Å². The Morgan fingerprint density at radius 1 is 0.917 bits per heavy atom. The van der Waals surface area contributed by atoms with Gasteiger partial charge in [0.05, 0.1) is 29.8 Å². The lowest BCUT2D eigenvalue weighted by Crippen LogP contribution is -2.55.